The fourth-order valence-corrected chi connectivity index (χ4v) is 2.00. The van der Waals surface area contributed by atoms with Crippen LogP contribution in [0.1, 0.15) is 31.9 Å². The van der Waals surface area contributed by atoms with Crippen molar-refractivity contribution in [2.24, 2.45) is 0 Å². The minimum atomic E-state index is 0.132. The third kappa shape index (κ3) is 1.99. The van der Waals surface area contributed by atoms with Crippen LogP contribution in [-0.4, -0.2) is 0 Å². The van der Waals surface area contributed by atoms with Crippen LogP contribution in [0.5, 0.6) is 0 Å². The van der Waals surface area contributed by atoms with Crippen LogP contribution in [0.25, 0.3) is 4.85 Å². The van der Waals surface area contributed by atoms with Gasteiger partial charge in [-0.05, 0) is 23.5 Å². The van der Waals surface area contributed by atoms with Crippen LogP contribution >= 0.6 is 15.9 Å². The molecule has 1 rings (SSSR count). The first-order chi connectivity index (χ1) is 6.38. The fourth-order valence-electron chi connectivity index (χ4n) is 1.57. The van der Waals surface area contributed by atoms with Crippen molar-refractivity contribution in [3.05, 3.63) is 39.1 Å². The molecule has 0 saturated carbocycles. The van der Waals surface area contributed by atoms with Gasteiger partial charge >= 0.3 is 0 Å². The summed E-state index contributed by atoms with van der Waals surface area (Å²) < 4.78 is 0.930. The van der Waals surface area contributed by atoms with Gasteiger partial charge in [0, 0.05) is 4.47 Å². The first-order valence-electron chi connectivity index (χ1n) is 4.55. The molecule has 0 aromatic heterocycles. The lowest BCUT2D eigenvalue weighted by molar-refractivity contribution is 0.586. The Labute approximate surface area is 94.1 Å². The second-order valence-corrected chi connectivity index (χ2v) is 5.23. The van der Waals surface area contributed by atoms with E-state index in [1.165, 1.54) is 11.1 Å². The van der Waals surface area contributed by atoms with Gasteiger partial charge in [0.05, 0.1) is 6.57 Å². The van der Waals surface area contributed by atoms with Gasteiger partial charge in [-0.1, -0.05) is 48.8 Å². The number of benzene rings is 1. The van der Waals surface area contributed by atoms with Crippen molar-refractivity contribution < 1.29 is 0 Å². The molecule has 0 amide bonds. The Morgan fingerprint density at radius 3 is 2.29 bits per heavy atom. The Kier molecular flexibility index (Phi) is 3.01. The molecular formula is C12H14BrN. The summed E-state index contributed by atoms with van der Waals surface area (Å²) in [6.07, 6.45) is 0. The van der Waals surface area contributed by atoms with Crippen molar-refractivity contribution in [2.75, 3.05) is 0 Å². The third-order valence-electron chi connectivity index (χ3n) is 2.29. The molecule has 74 valence electrons. The molecule has 0 spiro atoms. The van der Waals surface area contributed by atoms with E-state index < -0.39 is 0 Å². The van der Waals surface area contributed by atoms with Gasteiger partial charge in [0.25, 0.3) is 0 Å². The summed E-state index contributed by atoms with van der Waals surface area (Å²) in [5, 5.41) is 0. The van der Waals surface area contributed by atoms with Crippen molar-refractivity contribution in [1.29, 1.82) is 0 Å². The van der Waals surface area contributed by atoms with Gasteiger partial charge in [-0.2, -0.15) is 0 Å². The summed E-state index contributed by atoms with van der Waals surface area (Å²) in [6.45, 7) is 15.6. The molecule has 1 aromatic rings. The minimum Gasteiger partial charge on any atom is -0.237 e. The third-order valence-corrected chi connectivity index (χ3v) is 3.30. The quantitative estimate of drug-likeness (QED) is 0.594. The molecule has 0 bridgehead atoms. The maximum absolute atomic E-state index is 7.00. The molecule has 0 saturated heterocycles. The van der Waals surface area contributed by atoms with E-state index in [1.54, 1.807) is 0 Å². The van der Waals surface area contributed by atoms with E-state index in [9.17, 15) is 0 Å². The average Bonchev–Trinajstić information content (AvgIpc) is 2.07. The lowest BCUT2D eigenvalue weighted by atomic mass is 9.84. The van der Waals surface area contributed by atoms with Crippen molar-refractivity contribution in [3.8, 4) is 0 Å². The molecular weight excluding hydrogens is 238 g/mol. The highest BCUT2D eigenvalue weighted by atomic mass is 79.9. The molecule has 0 unspecified atom stereocenters. The van der Waals surface area contributed by atoms with Gasteiger partial charge in [0.15, 0.2) is 0 Å². The van der Waals surface area contributed by atoms with Crippen molar-refractivity contribution in [3.63, 3.8) is 0 Å². The highest BCUT2D eigenvalue weighted by Crippen LogP contribution is 2.35. The summed E-state index contributed by atoms with van der Waals surface area (Å²) in [7, 11) is 0. The summed E-state index contributed by atoms with van der Waals surface area (Å²) in [5.41, 5.74) is 3.28. The highest BCUT2D eigenvalue weighted by Gasteiger charge is 2.18. The zero-order valence-corrected chi connectivity index (χ0v) is 10.6. The van der Waals surface area contributed by atoms with E-state index in [0.29, 0.717) is 5.69 Å². The maximum Gasteiger partial charge on any atom is 0.201 e. The lowest BCUT2D eigenvalue weighted by Crippen LogP contribution is -2.13. The smallest absolute Gasteiger partial charge is 0.201 e. The zero-order chi connectivity index (χ0) is 10.9. The van der Waals surface area contributed by atoms with Gasteiger partial charge in [-0.15, -0.1) is 0 Å². The molecule has 0 fully saturated rings. The molecule has 0 aliphatic heterocycles. The van der Waals surface area contributed by atoms with E-state index >= 15 is 0 Å². The zero-order valence-electron chi connectivity index (χ0n) is 8.98. The largest absolute Gasteiger partial charge is 0.237 e. The van der Waals surface area contributed by atoms with Gasteiger partial charge in [-0.25, -0.2) is 4.85 Å². The Hall–Kier alpha value is -0.810. The summed E-state index contributed by atoms with van der Waals surface area (Å²) in [6, 6.07) is 3.93. The van der Waals surface area contributed by atoms with Crippen molar-refractivity contribution in [2.45, 2.75) is 33.1 Å². The molecule has 0 heterocycles. The highest BCUT2D eigenvalue weighted by molar-refractivity contribution is 9.10. The topological polar surface area (TPSA) is 4.36 Å². The standard InChI is InChI=1S/C12H14BrN/c1-8-9(12(2,3)4)6-7-10(14-5)11(8)13/h6-7H,1-4H3. The van der Waals surface area contributed by atoms with Crippen LogP contribution in [0.4, 0.5) is 5.69 Å². The van der Waals surface area contributed by atoms with Gasteiger partial charge < -0.3 is 0 Å². The van der Waals surface area contributed by atoms with Crippen LogP contribution in [0.15, 0.2) is 16.6 Å². The predicted octanol–water partition coefficient (Wildman–Crippen LogP) is 4.61. The number of nitrogens with zero attached hydrogens (tertiary/aromatic N) is 1. The number of hydrogen-bond donors (Lipinski definition) is 0. The summed E-state index contributed by atoms with van der Waals surface area (Å²) in [5.74, 6) is 0. The Bertz CT molecular complexity index is 394. The Balaban J connectivity index is 3.41. The van der Waals surface area contributed by atoms with Gasteiger partial charge in [0.1, 0.15) is 0 Å². The van der Waals surface area contributed by atoms with E-state index in [2.05, 4.69) is 48.5 Å². The number of rotatable bonds is 0. The van der Waals surface area contributed by atoms with Crippen molar-refractivity contribution in [1.82, 2.24) is 0 Å². The molecule has 0 aliphatic rings. The molecule has 0 radical (unpaired) electrons. The van der Waals surface area contributed by atoms with Crippen LogP contribution in [0.3, 0.4) is 0 Å². The fraction of sp³-hybridized carbons (Fsp3) is 0.417. The first kappa shape index (κ1) is 11.3. The lowest BCUT2D eigenvalue weighted by Gasteiger charge is -2.22. The number of halogens is 1. The molecule has 0 atom stereocenters. The van der Waals surface area contributed by atoms with Gasteiger partial charge in [0.2, 0.25) is 5.69 Å². The van der Waals surface area contributed by atoms with E-state index in [1.807, 2.05) is 12.1 Å². The SMILES string of the molecule is [C-]#[N+]c1ccc(C(C)(C)C)c(C)c1Br. The summed E-state index contributed by atoms with van der Waals surface area (Å²) in [4.78, 5) is 3.46. The molecule has 0 aliphatic carbocycles. The Morgan fingerprint density at radius 1 is 1.29 bits per heavy atom. The molecule has 0 N–H and O–H groups in total. The normalized spacial score (nSPS) is 11.1. The first-order valence-corrected chi connectivity index (χ1v) is 5.34. The Morgan fingerprint density at radius 2 is 1.86 bits per heavy atom. The molecule has 1 nitrogen and oxygen atoms in total. The predicted molar refractivity (Wildman–Crippen MR) is 63.8 cm³/mol. The maximum atomic E-state index is 7.00. The molecule has 2 heteroatoms. The average molecular weight is 252 g/mol. The van der Waals surface area contributed by atoms with Crippen LogP contribution < -0.4 is 0 Å². The van der Waals surface area contributed by atoms with Gasteiger partial charge in [-0.3, -0.25) is 0 Å². The van der Waals surface area contributed by atoms with Crippen molar-refractivity contribution >= 4 is 21.6 Å². The minimum absolute atomic E-state index is 0.132. The van der Waals surface area contributed by atoms with E-state index in [0.717, 1.165) is 4.47 Å². The van der Waals surface area contributed by atoms with Crippen LogP contribution in [0.2, 0.25) is 0 Å². The molecule has 1 aromatic carbocycles. The monoisotopic (exact) mass is 251 g/mol. The second-order valence-electron chi connectivity index (χ2n) is 4.43. The van der Waals surface area contributed by atoms with Crippen LogP contribution in [0, 0.1) is 13.5 Å². The van der Waals surface area contributed by atoms with Crippen LogP contribution in [-0.2, 0) is 5.41 Å². The second kappa shape index (κ2) is 3.74. The summed E-state index contributed by atoms with van der Waals surface area (Å²) >= 11 is 3.47. The molecule has 14 heavy (non-hydrogen) atoms. The van der Waals surface area contributed by atoms with E-state index in [4.69, 9.17) is 6.57 Å². The number of hydrogen-bond acceptors (Lipinski definition) is 0. The van der Waals surface area contributed by atoms with E-state index in [-0.39, 0.29) is 5.41 Å².